The fourth-order valence-corrected chi connectivity index (χ4v) is 5.33. The minimum Gasteiger partial charge on any atom is -0.441 e. The molecule has 2 unspecified atom stereocenters. The van der Waals surface area contributed by atoms with Crippen molar-refractivity contribution in [1.29, 1.82) is 0 Å². The Kier molecular flexibility index (Phi) is 3.84. The van der Waals surface area contributed by atoms with E-state index in [4.69, 9.17) is 9.26 Å². The van der Waals surface area contributed by atoms with E-state index in [9.17, 15) is 4.79 Å². The van der Waals surface area contributed by atoms with E-state index in [2.05, 4.69) is 32.2 Å². The minimum atomic E-state index is -0.256. The maximum atomic E-state index is 11.4. The summed E-state index contributed by atoms with van der Waals surface area (Å²) in [6, 6.07) is 2.34. The van der Waals surface area contributed by atoms with Crippen LogP contribution in [-0.2, 0) is 11.2 Å². The molecule has 1 aromatic heterocycles. The van der Waals surface area contributed by atoms with Gasteiger partial charge >= 0.3 is 12.1 Å². The Hall–Kier alpha value is -1.83. The molecule has 0 radical (unpaired) electrons. The molecular formula is C18H27N5O3. The number of aryl methyl sites for hydroxylation is 1. The van der Waals surface area contributed by atoms with Gasteiger partial charge in [0.1, 0.15) is 5.60 Å². The first-order valence-electron chi connectivity index (χ1n) is 9.97. The van der Waals surface area contributed by atoms with Gasteiger partial charge in [-0.15, -0.1) is 0 Å². The van der Waals surface area contributed by atoms with Gasteiger partial charge in [0.25, 0.3) is 0 Å². The first-order chi connectivity index (χ1) is 12.7. The quantitative estimate of drug-likeness (QED) is 0.877. The van der Waals surface area contributed by atoms with Crippen LogP contribution in [-0.4, -0.2) is 64.5 Å². The molecule has 0 aromatic carbocycles. The highest BCUT2D eigenvalue weighted by atomic mass is 16.6. The van der Waals surface area contributed by atoms with E-state index in [1.807, 2.05) is 0 Å². The number of anilines is 1. The number of piperidine rings is 2. The summed E-state index contributed by atoms with van der Waals surface area (Å²) in [6.07, 6.45) is 7.17. The van der Waals surface area contributed by atoms with Crippen LogP contribution in [0.3, 0.4) is 0 Å². The summed E-state index contributed by atoms with van der Waals surface area (Å²) in [5.41, 5.74) is -0.256. The Morgan fingerprint density at radius 3 is 2.50 bits per heavy atom. The highest BCUT2D eigenvalue weighted by Crippen LogP contribution is 2.41. The van der Waals surface area contributed by atoms with Crippen molar-refractivity contribution >= 4 is 12.1 Å². The topological polar surface area (TPSA) is 83.7 Å². The summed E-state index contributed by atoms with van der Waals surface area (Å²) in [5.74, 6) is 0.794. The number of ether oxygens (including phenoxy) is 1. The van der Waals surface area contributed by atoms with Crippen LogP contribution < -0.4 is 10.2 Å². The lowest BCUT2D eigenvalue weighted by molar-refractivity contribution is -0.0145. The van der Waals surface area contributed by atoms with Crippen molar-refractivity contribution < 1.29 is 14.1 Å². The Labute approximate surface area is 153 Å². The zero-order chi connectivity index (χ0) is 17.7. The first kappa shape index (κ1) is 16.4. The third-order valence-corrected chi connectivity index (χ3v) is 6.79. The van der Waals surface area contributed by atoms with E-state index in [1.165, 1.54) is 12.8 Å². The van der Waals surface area contributed by atoms with Gasteiger partial charge in [-0.3, -0.25) is 4.90 Å². The van der Waals surface area contributed by atoms with Crippen molar-refractivity contribution in [3.8, 4) is 0 Å². The van der Waals surface area contributed by atoms with E-state index < -0.39 is 0 Å². The number of nitrogens with one attached hydrogen (secondary N) is 1. The van der Waals surface area contributed by atoms with Gasteiger partial charge in [0.15, 0.2) is 5.82 Å². The summed E-state index contributed by atoms with van der Waals surface area (Å²) in [7, 11) is 0. The highest BCUT2D eigenvalue weighted by molar-refractivity contribution is 5.70. The molecule has 8 heteroatoms. The Balaban J connectivity index is 1.23. The number of likely N-dealkylation sites (tertiary alicyclic amines) is 1. The fourth-order valence-electron chi connectivity index (χ4n) is 5.33. The Morgan fingerprint density at radius 1 is 1.19 bits per heavy atom. The molecule has 4 fully saturated rings. The van der Waals surface area contributed by atoms with Crippen LogP contribution in [0.2, 0.25) is 0 Å². The fraction of sp³-hybridized carbons (Fsp3) is 0.833. The molecule has 2 atom stereocenters. The van der Waals surface area contributed by atoms with E-state index in [-0.39, 0.29) is 11.7 Å². The van der Waals surface area contributed by atoms with Gasteiger partial charge in [-0.1, -0.05) is 12.1 Å². The van der Waals surface area contributed by atoms with Crippen LogP contribution in [0.5, 0.6) is 0 Å². The smallest absolute Gasteiger partial charge is 0.407 e. The normalized spacial score (nSPS) is 33.5. The summed E-state index contributed by atoms with van der Waals surface area (Å²) in [6.45, 7) is 4.75. The second kappa shape index (κ2) is 6.11. The van der Waals surface area contributed by atoms with Crippen LogP contribution in [0.4, 0.5) is 10.8 Å². The number of hydrogen-bond donors (Lipinski definition) is 1. The largest absolute Gasteiger partial charge is 0.441 e. The summed E-state index contributed by atoms with van der Waals surface area (Å²) in [5, 5.41) is 6.90. The Morgan fingerprint density at radius 2 is 1.92 bits per heavy atom. The summed E-state index contributed by atoms with van der Waals surface area (Å²) < 4.78 is 11.1. The zero-order valence-electron chi connectivity index (χ0n) is 15.3. The predicted molar refractivity (Wildman–Crippen MR) is 94.0 cm³/mol. The predicted octanol–water partition coefficient (Wildman–Crippen LogP) is 1.71. The standard InChI is InChI=1S/C18H27N5O3/c1-2-15-20-16(26-21-15)23-12-3-4-13(23)10-14(9-12)22-7-5-18(6-8-22)11-19-17(24)25-18/h12-14H,2-11H2,1H3,(H,19,24). The van der Waals surface area contributed by atoms with Crippen LogP contribution in [0.15, 0.2) is 4.52 Å². The molecule has 5 heterocycles. The van der Waals surface area contributed by atoms with Gasteiger partial charge in [0, 0.05) is 50.5 Å². The van der Waals surface area contributed by atoms with Crippen molar-refractivity contribution in [3.63, 3.8) is 0 Å². The Bertz CT molecular complexity index is 670. The zero-order valence-corrected chi connectivity index (χ0v) is 15.3. The van der Waals surface area contributed by atoms with Gasteiger partial charge in [-0.2, -0.15) is 4.98 Å². The van der Waals surface area contributed by atoms with Crippen molar-refractivity contribution in [2.45, 2.75) is 75.6 Å². The van der Waals surface area contributed by atoms with E-state index in [1.54, 1.807) is 0 Å². The molecule has 0 saturated carbocycles. The maximum Gasteiger partial charge on any atom is 0.407 e. The van der Waals surface area contributed by atoms with Crippen molar-refractivity contribution in [2.75, 3.05) is 24.5 Å². The molecule has 5 rings (SSSR count). The molecule has 2 bridgehead atoms. The molecule has 4 saturated heterocycles. The van der Waals surface area contributed by atoms with Gasteiger partial charge in [-0.05, 0) is 25.7 Å². The van der Waals surface area contributed by atoms with Gasteiger partial charge in [-0.25, -0.2) is 4.79 Å². The number of aromatic nitrogens is 2. The lowest BCUT2D eigenvalue weighted by Crippen LogP contribution is -2.55. The molecule has 1 amide bonds. The third kappa shape index (κ3) is 2.66. The van der Waals surface area contributed by atoms with Crippen molar-refractivity contribution in [1.82, 2.24) is 20.4 Å². The van der Waals surface area contributed by atoms with Crippen molar-refractivity contribution in [2.24, 2.45) is 0 Å². The molecular weight excluding hydrogens is 334 g/mol. The third-order valence-electron chi connectivity index (χ3n) is 6.79. The highest BCUT2D eigenvalue weighted by Gasteiger charge is 2.48. The molecule has 4 aliphatic rings. The molecule has 1 aromatic rings. The SMILES string of the molecule is CCc1noc(N2C3CCC2CC(N2CCC4(CC2)CNC(=O)O4)C3)n1. The lowest BCUT2D eigenvalue weighted by Gasteiger charge is -2.46. The molecule has 26 heavy (non-hydrogen) atoms. The second-order valence-corrected chi connectivity index (χ2v) is 8.23. The molecule has 1 spiro atoms. The second-order valence-electron chi connectivity index (χ2n) is 8.23. The average molecular weight is 361 g/mol. The minimum absolute atomic E-state index is 0.254. The molecule has 142 valence electrons. The molecule has 4 aliphatic heterocycles. The van der Waals surface area contributed by atoms with Gasteiger partial charge < -0.3 is 19.5 Å². The van der Waals surface area contributed by atoms with Crippen LogP contribution in [0.25, 0.3) is 0 Å². The first-order valence-corrected chi connectivity index (χ1v) is 9.97. The lowest BCUT2D eigenvalue weighted by atomic mass is 9.88. The maximum absolute atomic E-state index is 11.4. The number of amides is 1. The molecule has 8 nitrogen and oxygen atoms in total. The van der Waals surface area contributed by atoms with Crippen LogP contribution in [0, 0.1) is 0 Å². The summed E-state index contributed by atoms with van der Waals surface area (Å²) >= 11 is 0. The number of carbonyl (C=O) groups excluding carboxylic acids is 1. The van der Waals surface area contributed by atoms with E-state index in [0.717, 1.165) is 51.0 Å². The number of alkyl carbamates (subject to hydrolysis) is 1. The number of rotatable bonds is 3. The number of hydrogen-bond acceptors (Lipinski definition) is 7. The van der Waals surface area contributed by atoms with E-state index in [0.29, 0.717) is 30.7 Å². The summed E-state index contributed by atoms with van der Waals surface area (Å²) in [4.78, 5) is 21.0. The van der Waals surface area contributed by atoms with E-state index >= 15 is 0 Å². The van der Waals surface area contributed by atoms with Crippen molar-refractivity contribution in [3.05, 3.63) is 5.82 Å². The van der Waals surface area contributed by atoms with Gasteiger partial charge in [0.2, 0.25) is 0 Å². The average Bonchev–Trinajstić information content (AvgIpc) is 3.32. The molecule has 1 N–H and O–H groups in total. The van der Waals surface area contributed by atoms with Crippen LogP contribution >= 0.6 is 0 Å². The van der Waals surface area contributed by atoms with Gasteiger partial charge in [0.05, 0.1) is 6.54 Å². The molecule has 0 aliphatic carbocycles. The monoisotopic (exact) mass is 361 g/mol. The number of carbonyl (C=O) groups is 1. The van der Waals surface area contributed by atoms with Crippen LogP contribution in [0.1, 0.15) is 51.3 Å². The number of fused-ring (bicyclic) bond motifs is 2. The number of nitrogens with zero attached hydrogens (tertiary/aromatic N) is 4.